The van der Waals surface area contributed by atoms with Gasteiger partial charge in [-0.2, -0.15) is 13.2 Å². The largest absolute Gasteiger partial charge is 0.417 e. The van der Waals surface area contributed by atoms with Gasteiger partial charge in [-0.1, -0.05) is 23.7 Å². The number of thioether (sulfide) groups is 1. The number of hydrogen-bond acceptors (Lipinski definition) is 4. The third-order valence-corrected chi connectivity index (χ3v) is 5.24. The maximum absolute atomic E-state index is 12.5. The number of nitrogens with zero attached hydrogens (tertiary/aromatic N) is 2. The van der Waals surface area contributed by atoms with E-state index >= 15 is 0 Å². The van der Waals surface area contributed by atoms with Gasteiger partial charge in [0, 0.05) is 27.9 Å². The molecule has 2 heterocycles. The fraction of sp³-hybridized carbons (Fsp3) is 0.125. The Morgan fingerprint density at radius 3 is 2.46 bits per heavy atom. The fourth-order valence-electron chi connectivity index (χ4n) is 1.88. The zero-order chi connectivity index (χ0) is 17.2. The van der Waals surface area contributed by atoms with Crippen LogP contribution in [-0.4, -0.2) is 9.97 Å². The summed E-state index contributed by atoms with van der Waals surface area (Å²) in [5.74, 6) is 0.544. The highest BCUT2D eigenvalue weighted by atomic mass is 35.5. The number of aromatic nitrogens is 2. The molecule has 0 N–H and O–H groups in total. The molecule has 0 aliphatic rings. The molecular weight excluding hydrogens is 377 g/mol. The summed E-state index contributed by atoms with van der Waals surface area (Å²) < 4.78 is 37.5. The minimum absolute atomic E-state index is 0.532. The number of halogens is 4. The molecule has 0 saturated heterocycles. The van der Waals surface area contributed by atoms with Crippen LogP contribution in [0.2, 0.25) is 5.02 Å². The van der Waals surface area contributed by atoms with E-state index in [1.54, 1.807) is 12.1 Å². The van der Waals surface area contributed by atoms with Crippen molar-refractivity contribution in [2.45, 2.75) is 17.0 Å². The summed E-state index contributed by atoms with van der Waals surface area (Å²) in [4.78, 5) is 8.37. The molecule has 0 fully saturated rings. The Hall–Kier alpha value is -1.57. The predicted molar refractivity (Wildman–Crippen MR) is 91.4 cm³/mol. The van der Waals surface area contributed by atoms with Crippen LogP contribution >= 0.6 is 34.7 Å². The molecule has 2 nitrogen and oxygen atoms in total. The molecule has 0 saturated carbocycles. The van der Waals surface area contributed by atoms with Gasteiger partial charge in [-0.3, -0.25) is 0 Å². The summed E-state index contributed by atoms with van der Waals surface area (Å²) >= 11 is 8.72. The molecule has 8 heteroatoms. The number of rotatable bonds is 4. The quantitative estimate of drug-likeness (QED) is 0.501. The van der Waals surface area contributed by atoms with Crippen molar-refractivity contribution in [3.63, 3.8) is 0 Å². The third kappa shape index (κ3) is 4.28. The molecule has 2 aromatic heterocycles. The first-order valence-electron chi connectivity index (χ1n) is 6.78. The lowest BCUT2D eigenvalue weighted by Gasteiger charge is -2.06. The molecule has 124 valence electrons. The van der Waals surface area contributed by atoms with E-state index in [2.05, 4.69) is 9.97 Å². The van der Waals surface area contributed by atoms with E-state index in [0.29, 0.717) is 15.8 Å². The van der Waals surface area contributed by atoms with E-state index in [4.69, 9.17) is 11.6 Å². The average Bonchev–Trinajstić information content (AvgIpc) is 3.02. The smallest absolute Gasteiger partial charge is 0.249 e. The van der Waals surface area contributed by atoms with Crippen LogP contribution in [0, 0.1) is 0 Å². The molecule has 0 aliphatic heterocycles. The van der Waals surface area contributed by atoms with Crippen molar-refractivity contribution in [1.82, 2.24) is 9.97 Å². The highest BCUT2D eigenvalue weighted by Gasteiger charge is 2.30. The summed E-state index contributed by atoms with van der Waals surface area (Å²) in [5.41, 5.74) is 1.09. The van der Waals surface area contributed by atoms with Crippen LogP contribution < -0.4 is 0 Å². The Morgan fingerprint density at radius 1 is 1.08 bits per heavy atom. The summed E-state index contributed by atoms with van der Waals surface area (Å²) in [6.07, 6.45) is -3.51. The Kier molecular flexibility index (Phi) is 5.12. The number of alkyl halides is 3. The Morgan fingerprint density at radius 2 is 1.83 bits per heavy atom. The van der Waals surface area contributed by atoms with Gasteiger partial charge in [0.25, 0.3) is 0 Å². The van der Waals surface area contributed by atoms with Crippen LogP contribution in [-0.2, 0) is 11.9 Å². The first kappa shape index (κ1) is 17.3. The summed E-state index contributed by atoms with van der Waals surface area (Å²) in [6, 6.07) is 9.82. The summed E-state index contributed by atoms with van der Waals surface area (Å²) in [7, 11) is 0. The van der Waals surface area contributed by atoms with Crippen LogP contribution in [0.4, 0.5) is 13.2 Å². The lowest BCUT2D eigenvalue weighted by atomic mass is 10.2. The first-order valence-corrected chi connectivity index (χ1v) is 9.02. The maximum atomic E-state index is 12.5. The number of pyridine rings is 1. The van der Waals surface area contributed by atoms with Gasteiger partial charge in [-0.05, 0) is 24.3 Å². The van der Waals surface area contributed by atoms with Gasteiger partial charge < -0.3 is 0 Å². The highest BCUT2D eigenvalue weighted by molar-refractivity contribution is 7.98. The molecule has 3 aromatic rings. The summed E-state index contributed by atoms with van der Waals surface area (Å²) in [5, 5.41) is 4.01. The number of benzene rings is 1. The number of thiazole rings is 1. The van der Waals surface area contributed by atoms with E-state index in [-0.39, 0.29) is 0 Å². The van der Waals surface area contributed by atoms with E-state index in [0.717, 1.165) is 28.5 Å². The molecule has 3 rings (SSSR count). The van der Waals surface area contributed by atoms with E-state index in [1.165, 1.54) is 29.2 Å². The molecule has 0 bridgehead atoms. The SMILES string of the molecule is FC(F)(F)c1ccc(SCc2csc(-c3ccc(Cl)cc3)n2)nc1. The topological polar surface area (TPSA) is 25.8 Å². The zero-order valence-corrected chi connectivity index (χ0v) is 14.4. The van der Waals surface area contributed by atoms with E-state index in [1.807, 2.05) is 17.5 Å². The molecule has 0 aliphatic carbocycles. The standard InChI is InChI=1S/C16H10ClF3N2S2/c17-12-4-1-10(2-5-12)15-22-13(9-24-15)8-23-14-6-3-11(7-21-14)16(18,19)20/h1-7,9H,8H2. The minimum Gasteiger partial charge on any atom is -0.249 e. The van der Waals surface area contributed by atoms with Crippen molar-refractivity contribution >= 4 is 34.7 Å². The average molecular weight is 387 g/mol. The second-order valence-corrected chi connectivity index (χ2v) is 7.11. The van der Waals surface area contributed by atoms with Crippen LogP contribution in [0.25, 0.3) is 10.6 Å². The van der Waals surface area contributed by atoms with Crippen molar-refractivity contribution in [3.05, 3.63) is 64.3 Å². The van der Waals surface area contributed by atoms with Crippen LogP contribution in [0.15, 0.2) is 53.0 Å². The normalized spacial score (nSPS) is 11.7. The van der Waals surface area contributed by atoms with Crippen LogP contribution in [0.1, 0.15) is 11.3 Å². The molecule has 0 atom stereocenters. The van der Waals surface area contributed by atoms with Crippen LogP contribution in [0.5, 0.6) is 0 Å². The molecule has 0 radical (unpaired) electrons. The Labute approximate surface area is 149 Å². The predicted octanol–water partition coefficient (Wildman–Crippen LogP) is 6.17. The lowest BCUT2D eigenvalue weighted by Crippen LogP contribution is -2.05. The molecular formula is C16H10ClF3N2S2. The van der Waals surface area contributed by atoms with Gasteiger partial charge in [0.05, 0.1) is 16.3 Å². The zero-order valence-electron chi connectivity index (χ0n) is 12.0. The van der Waals surface area contributed by atoms with E-state index < -0.39 is 11.7 Å². The van der Waals surface area contributed by atoms with Crippen molar-refractivity contribution in [1.29, 1.82) is 0 Å². The van der Waals surface area contributed by atoms with Gasteiger partial charge >= 0.3 is 6.18 Å². The van der Waals surface area contributed by atoms with Crippen molar-refractivity contribution in [2.24, 2.45) is 0 Å². The maximum Gasteiger partial charge on any atom is 0.417 e. The van der Waals surface area contributed by atoms with Gasteiger partial charge in [0.1, 0.15) is 5.01 Å². The van der Waals surface area contributed by atoms with Crippen molar-refractivity contribution in [2.75, 3.05) is 0 Å². The second-order valence-electron chi connectivity index (χ2n) is 4.82. The molecule has 0 amide bonds. The van der Waals surface area contributed by atoms with Gasteiger partial charge in [-0.25, -0.2) is 9.97 Å². The molecule has 0 spiro atoms. The second kappa shape index (κ2) is 7.13. The van der Waals surface area contributed by atoms with Crippen molar-refractivity contribution in [3.8, 4) is 10.6 Å². The molecule has 0 unspecified atom stereocenters. The van der Waals surface area contributed by atoms with Gasteiger partial charge in [-0.15, -0.1) is 23.1 Å². The monoisotopic (exact) mass is 386 g/mol. The van der Waals surface area contributed by atoms with Gasteiger partial charge in [0.2, 0.25) is 0 Å². The number of hydrogen-bond donors (Lipinski definition) is 0. The fourth-order valence-corrected chi connectivity index (χ4v) is 3.67. The highest BCUT2D eigenvalue weighted by Crippen LogP contribution is 2.31. The third-order valence-electron chi connectivity index (χ3n) is 3.07. The molecule has 24 heavy (non-hydrogen) atoms. The molecule has 1 aromatic carbocycles. The minimum atomic E-state index is -4.36. The van der Waals surface area contributed by atoms with Gasteiger partial charge in [0.15, 0.2) is 0 Å². The lowest BCUT2D eigenvalue weighted by molar-refractivity contribution is -0.137. The Bertz CT molecular complexity index is 815. The Balaban J connectivity index is 1.64. The van der Waals surface area contributed by atoms with Crippen LogP contribution in [0.3, 0.4) is 0 Å². The summed E-state index contributed by atoms with van der Waals surface area (Å²) in [6.45, 7) is 0. The van der Waals surface area contributed by atoms with Crippen molar-refractivity contribution < 1.29 is 13.2 Å². The van der Waals surface area contributed by atoms with E-state index in [9.17, 15) is 13.2 Å². The first-order chi connectivity index (χ1) is 11.4.